The van der Waals surface area contributed by atoms with Crippen molar-refractivity contribution in [1.29, 1.82) is 0 Å². The number of hydrogen-bond donors (Lipinski definition) is 3. The summed E-state index contributed by atoms with van der Waals surface area (Å²) >= 11 is 3.17. The van der Waals surface area contributed by atoms with E-state index in [-0.39, 0.29) is 19.5 Å². The fourth-order valence-electron chi connectivity index (χ4n) is 0. The van der Waals surface area contributed by atoms with Gasteiger partial charge >= 0.3 is 6.09 Å². The van der Waals surface area contributed by atoms with E-state index in [2.05, 4.69) is 12.8 Å². The van der Waals surface area contributed by atoms with Crippen molar-refractivity contribution in [1.82, 2.24) is 4.72 Å². The Morgan fingerprint density at radius 1 is 1.83 bits per heavy atom. The van der Waals surface area contributed by atoms with Crippen molar-refractivity contribution < 1.29 is 29.4 Å². The van der Waals surface area contributed by atoms with Crippen molar-refractivity contribution in [3.05, 3.63) is 0 Å². The molecule has 0 atom stereocenters. The predicted molar refractivity (Wildman–Crippen MR) is 20.1 cm³/mol. The first-order chi connectivity index (χ1) is 2.27. The molecule has 1 amide bonds. The summed E-state index contributed by atoms with van der Waals surface area (Å²) in [6, 6.07) is 0. The second-order valence-electron chi connectivity index (χ2n) is 0.417. The van der Waals surface area contributed by atoms with E-state index in [9.17, 15) is 4.79 Å². The van der Waals surface area contributed by atoms with Gasteiger partial charge in [-0.25, -0.2) is 4.79 Å². The molecule has 2 N–H and O–H groups in total. The van der Waals surface area contributed by atoms with E-state index in [1.807, 2.05) is 0 Å². The van der Waals surface area contributed by atoms with Gasteiger partial charge in [-0.3, -0.25) is 4.72 Å². The molecule has 0 bridgehead atoms. The molecule has 32 valence electrons. The monoisotopic (exact) mass is 157 g/mol. The Bertz CT molecular complexity index is 48.8. The quantitative estimate of drug-likeness (QED) is 0.346. The third-order valence-electron chi connectivity index (χ3n) is 0.0956. The molecule has 0 aromatic carbocycles. The second kappa shape index (κ2) is 5.24. The van der Waals surface area contributed by atoms with Crippen LogP contribution >= 0.6 is 12.8 Å². The molecule has 3 nitrogen and oxygen atoms in total. The van der Waals surface area contributed by atoms with Gasteiger partial charge in [0.25, 0.3) is 0 Å². The Hall–Kier alpha value is 0.243. The van der Waals surface area contributed by atoms with Crippen LogP contribution in [-0.2, 0) is 19.5 Å². The maximum Gasteiger partial charge on any atom is 0.414 e. The summed E-state index contributed by atoms with van der Waals surface area (Å²) in [5.41, 5.74) is 0. The molecule has 0 radical (unpaired) electrons. The molecule has 0 aliphatic carbocycles. The van der Waals surface area contributed by atoms with Crippen LogP contribution in [0.15, 0.2) is 0 Å². The molecule has 0 saturated heterocycles. The molecule has 6 heavy (non-hydrogen) atoms. The molecule has 0 aromatic heterocycles. The van der Waals surface area contributed by atoms with Crippen molar-refractivity contribution in [2.45, 2.75) is 0 Å². The van der Waals surface area contributed by atoms with Gasteiger partial charge in [-0.1, -0.05) is 12.8 Å². The van der Waals surface area contributed by atoms with Gasteiger partial charge in [0.15, 0.2) is 0 Å². The largest absolute Gasteiger partial charge is 0.464 e. The van der Waals surface area contributed by atoms with Gasteiger partial charge in [0.05, 0.1) is 0 Å². The third kappa shape index (κ3) is 8.87. The van der Waals surface area contributed by atoms with Crippen molar-refractivity contribution in [2.24, 2.45) is 0 Å². The molecule has 0 rings (SSSR count). The number of amides is 1. The number of hydrogen-bond acceptors (Lipinski definition) is 2. The molecule has 0 fully saturated rings. The smallest absolute Gasteiger partial charge is 0.414 e. The number of carbonyl (C=O) groups is 1. The van der Waals surface area contributed by atoms with E-state index < -0.39 is 6.09 Å². The summed E-state index contributed by atoms with van der Waals surface area (Å²) in [5.74, 6) is 0. The number of carboxylic acid groups (broad SMARTS) is 1. The molecule has 0 heterocycles. The van der Waals surface area contributed by atoms with E-state index in [1.54, 1.807) is 4.72 Å². The summed E-state index contributed by atoms with van der Waals surface area (Å²) in [5, 5.41) is 7.53. The fourth-order valence-corrected chi connectivity index (χ4v) is 0. The van der Waals surface area contributed by atoms with E-state index in [0.29, 0.717) is 0 Å². The van der Waals surface area contributed by atoms with Crippen LogP contribution in [0, 0.1) is 0 Å². The molecule has 5 heteroatoms. The van der Waals surface area contributed by atoms with Crippen LogP contribution in [-0.4, -0.2) is 11.2 Å². The van der Waals surface area contributed by atoms with Crippen molar-refractivity contribution in [2.75, 3.05) is 0 Å². The predicted octanol–water partition coefficient (Wildman–Crippen LogP) is 0.0963. The normalized spacial score (nSPS) is 5.50. The second-order valence-corrected chi connectivity index (χ2v) is 0.641. The Labute approximate surface area is 53.4 Å². The Balaban J connectivity index is 0. The van der Waals surface area contributed by atoms with Crippen LogP contribution in [0.25, 0.3) is 0 Å². The van der Waals surface area contributed by atoms with Gasteiger partial charge in [0, 0.05) is 19.5 Å². The first-order valence-corrected chi connectivity index (χ1v) is 1.35. The van der Waals surface area contributed by atoms with Gasteiger partial charge < -0.3 is 5.11 Å². The van der Waals surface area contributed by atoms with Gasteiger partial charge in [-0.15, -0.1) is 0 Å². The molecule has 0 saturated carbocycles. The summed E-state index contributed by atoms with van der Waals surface area (Å²) in [7, 11) is 0. The van der Waals surface area contributed by atoms with Crippen molar-refractivity contribution >= 4 is 18.9 Å². The summed E-state index contributed by atoms with van der Waals surface area (Å²) < 4.78 is 1.64. The van der Waals surface area contributed by atoms with E-state index in [4.69, 9.17) is 5.11 Å². The minimum absolute atomic E-state index is 0. The van der Waals surface area contributed by atoms with Crippen LogP contribution in [0.4, 0.5) is 4.79 Å². The molecular weight excluding hydrogens is 155 g/mol. The van der Waals surface area contributed by atoms with Crippen LogP contribution in [0.3, 0.4) is 0 Å². The average Bonchev–Trinajstić information content (AvgIpc) is 1.38. The number of rotatable bonds is 0. The summed E-state index contributed by atoms with van der Waals surface area (Å²) in [6.45, 7) is 0. The SMILES string of the molecule is O=C(O)NS.[Zn]. The molecule has 0 aliphatic heterocycles. The van der Waals surface area contributed by atoms with Crippen LogP contribution in [0.5, 0.6) is 0 Å². The third-order valence-corrected chi connectivity index (χ3v) is 0.287. The molecule has 0 spiro atoms. The van der Waals surface area contributed by atoms with Crippen molar-refractivity contribution in [3.63, 3.8) is 0 Å². The van der Waals surface area contributed by atoms with E-state index in [0.717, 1.165) is 0 Å². The minimum atomic E-state index is -1.13. The summed E-state index contributed by atoms with van der Waals surface area (Å²) in [4.78, 5) is 9.18. The van der Waals surface area contributed by atoms with Crippen molar-refractivity contribution in [3.8, 4) is 0 Å². The molecule has 0 aliphatic rings. The standard InChI is InChI=1S/CH3NO2S.Zn/c3-1(4)2-5;/h2,5H,(H,3,4);. The zero-order valence-electron chi connectivity index (χ0n) is 3.01. The first-order valence-electron chi connectivity index (χ1n) is 0.901. The van der Waals surface area contributed by atoms with Crippen LogP contribution in [0.1, 0.15) is 0 Å². The average molecular weight is 158 g/mol. The van der Waals surface area contributed by atoms with Gasteiger partial charge in [-0.2, -0.15) is 0 Å². The zero-order chi connectivity index (χ0) is 4.28. The number of nitrogens with one attached hydrogen (secondary N) is 1. The molecule has 0 unspecified atom stereocenters. The van der Waals surface area contributed by atoms with E-state index >= 15 is 0 Å². The first kappa shape index (κ1) is 9.53. The number of thiol groups is 1. The molecular formula is CH3NO2SZn. The minimum Gasteiger partial charge on any atom is -0.464 e. The summed E-state index contributed by atoms with van der Waals surface area (Å²) in [6.07, 6.45) is -1.13. The van der Waals surface area contributed by atoms with Crippen LogP contribution < -0.4 is 4.72 Å². The van der Waals surface area contributed by atoms with E-state index in [1.165, 1.54) is 0 Å². The Kier molecular flexibility index (Phi) is 8.33. The Morgan fingerprint density at radius 3 is 2.00 bits per heavy atom. The van der Waals surface area contributed by atoms with Gasteiger partial charge in [0.1, 0.15) is 0 Å². The topological polar surface area (TPSA) is 49.3 Å². The maximum atomic E-state index is 9.18. The van der Waals surface area contributed by atoms with Gasteiger partial charge in [-0.05, 0) is 0 Å². The Morgan fingerprint density at radius 2 is 2.00 bits per heavy atom. The zero-order valence-corrected chi connectivity index (χ0v) is 6.87. The maximum absolute atomic E-state index is 9.18. The molecule has 0 aromatic rings. The van der Waals surface area contributed by atoms with Gasteiger partial charge in [0.2, 0.25) is 0 Å². The fraction of sp³-hybridized carbons (Fsp3) is 0. The van der Waals surface area contributed by atoms with Crippen LogP contribution in [0.2, 0.25) is 0 Å².